The van der Waals surface area contributed by atoms with Crippen LogP contribution in [0.5, 0.6) is 0 Å². The van der Waals surface area contributed by atoms with Gasteiger partial charge in [-0.1, -0.05) is 78.1 Å². The van der Waals surface area contributed by atoms with Gasteiger partial charge in [0.05, 0.1) is 12.5 Å². The molecule has 8 heteroatoms. The fourth-order valence-electron chi connectivity index (χ4n) is 3.88. The lowest BCUT2D eigenvalue weighted by molar-refractivity contribution is -0.151. The van der Waals surface area contributed by atoms with Crippen molar-refractivity contribution >= 4 is 35.1 Å². The van der Waals surface area contributed by atoms with Crippen LogP contribution in [0, 0.1) is 0 Å². The van der Waals surface area contributed by atoms with Gasteiger partial charge in [-0.2, -0.15) is 0 Å². The molecule has 2 amide bonds. The van der Waals surface area contributed by atoms with Gasteiger partial charge in [0.2, 0.25) is 11.8 Å². The van der Waals surface area contributed by atoms with Gasteiger partial charge in [0.15, 0.2) is 5.11 Å². The van der Waals surface area contributed by atoms with Crippen LogP contribution in [0.4, 0.5) is 0 Å². The normalized spacial score (nSPS) is 16.8. The van der Waals surface area contributed by atoms with E-state index in [9.17, 15) is 14.4 Å². The van der Waals surface area contributed by atoms with Gasteiger partial charge in [0.1, 0.15) is 6.04 Å². The lowest BCUT2D eigenvalue weighted by Gasteiger charge is -2.36. The van der Waals surface area contributed by atoms with Gasteiger partial charge in [-0.3, -0.25) is 14.4 Å². The first-order valence-electron chi connectivity index (χ1n) is 13.0. The zero-order valence-electron chi connectivity index (χ0n) is 21.0. The molecular weight excluding hydrogens is 438 g/mol. The molecule has 0 aromatic carbocycles. The molecule has 0 bridgehead atoms. The SMILES string of the molecule is CCCCCCCCCCCCCC(=O)NC(=S)N1CCNC(=O)C1CC(=O)OC(C)CC. The maximum absolute atomic E-state index is 12.3. The highest BCUT2D eigenvalue weighted by molar-refractivity contribution is 7.80. The van der Waals surface area contributed by atoms with Gasteiger partial charge in [-0.25, -0.2) is 0 Å². The molecule has 33 heavy (non-hydrogen) atoms. The molecule has 1 fully saturated rings. The average Bonchev–Trinajstić information content (AvgIpc) is 2.78. The zero-order valence-corrected chi connectivity index (χ0v) is 21.8. The highest BCUT2D eigenvalue weighted by Gasteiger charge is 2.34. The van der Waals surface area contributed by atoms with Gasteiger partial charge < -0.3 is 20.3 Å². The Morgan fingerprint density at radius 3 is 2.21 bits per heavy atom. The number of unbranched alkanes of at least 4 members (excludes halogenated alkanes) is 10. The Morgan fingerprint density at radius 2 is 1.64 bits per heavy atom. The first-order chi connectivity index (χ1) is 15.9. The second-order valence-corrected chi connectivity index (χ2v) is 9.44. The number of thiocarbonyl (C=S) groups is 1. The van der Waals surface area contributed by atoms with Crippen molar-refractivity contribution in [1.29, 1.82) is 0 Å². The van der Waals surface area contributed by atoms with E-state index in [4.69, 9.17) is 17.0 Å². The summed E-state index contributed by atoms with van der Waals surface area (Å²) in [6.07, 6.45) is 14.4. The molecule has 190 valence electrons. The Hall–Kier alpha value is -1.70. The number of ether oxygens (including phenoxy) is 1. The third kappa shape index (κ3) is 12.9. The van der Waals surface area contributed by atoms with E-state index in [1.165, 1.54) is 51.4 Å². The van der Waals surface area contributed by atoms with Gasteiger partial charge in [-0.15, -0.1) is 0 Å². The molecule has 2 atom stereocenters. The number of carbonyl (C=O) groups is 3. The summed E-state index contributed by atoms with van der Waals surface area (Å²) in [4.78, 5) is 38.5. The fourth-order valence-corrected chi connectivity index (χ4v) is 4.21. The predicted octanol–water partition coefficient (Wildman–Crippen LogP) is 4.62. The lowest BCUT2D eigenvalue weighted by Crippen LogP contribution is -2.60. The maximum Gasteiger partial charge on any atom is 0.308 e. The summed E-state index contributed by atoms with van der Waals surface area (Å²) in [6.45, 7) is 6.85. The van der Waals surface area contributed by atoms with Crippen LogP contribution < -0.4 is 10.6 Å². The molecule has 2 unspecified atom stereocenters. The number of carbonyl (C=O) groups excluding carboxylic acids is 3. The summed E-state index contributed by atoms with van der Waals surface area (Å²) >= 11 is 5.39. The monoisotopic (exact) mass is 483 g/mol. The van der Waals surface area contributed by atoms with Crippen molar-refractivity contribution in [2.45, 2.75) is 123 Å². The Labute approximate surface area is 205 Å². The number of nitrogens with zero attached hydrogens (tertiary/aromatic N) is 1. The minimum absolute atomic E-state index is 0.0925. The molecule has 1 saturated heterocycles. The van der Waals surface area contributed by atoms with Crippen molar-refractivity contribution in [2.24, 2.45) is 0 Å². The van der Waals surface area contributed by atoms with E-state index in [0.29, 0.717) is 25.9 Å². The van der Waals surface area contributed by atoms with Crippen LogP contribution in [0.25, 0.3) is 0 Å². The van der Waals surface area contributed by atoms with Crippen LogP contribution >= 0.6 is 12.2 Å². The third-order valence-corrected chi connectivity index (χ3v) is 6.45. The van der Waals surface area contributed by atoms with E-state index in [2.05, 4.69) is 17.6 Å². The van der Waals surface area contributed by atoms with Crippen molar-refractivity contribution in [3.8, 4) is 0 Å². The number of hydrogen-bond donors (Lipinski definition) is 2. The Bertz CT molecular complexity index is 614. The largest absolute Gasteiger partial charge is 0.463 e. The van der Waals surface area contributed by atoms with E-state index in [0.717, 1.165) is 19.3 Å². The smallest absolute Gasteiger partial charge is 0.308 e. The molecule has 0 saturated carbocycles. The highest BCUT2D eigenvalue weighted by atomic mass is 32.1. The molecule has 0 aliphatic carbocycles. The van der Waals surface area contributed by atoms with Crippen molar-refractivity contribution in [2.75, 3.05) is 13.1 Å². The van der Waals surface area contributed by atoms with E-state index in [-0.39, 0.29) is 29.5 Å². The molecule has 1 aliphatic heterocycles. The molecule has 0 aromatic rings. The van der Waals surface area contributed by atoms with Crippen molar-refractivity contribution in [3.63, 3.8) is 0 Å². The summed E-state index contributed by atoms with van der Waals surface area (Å²) in [6, 6.07) is -0.759. The Kier molecular flexibility index (Phi) is 15.8. The first kappa shape index (κ1) is 29.3. The van der Waals surface area contributed by atoms with Gasteiger partial charge in [0.25, 0.3) is 0 Å². The first-order valence-corrected chi connectivity index (χ1v) is 13.4. The zero-order chi connectivity index (χ0) is 24.5. The summed E-state index contributed by atoms with van der Waals surface area (Å²) in [7, 11) is 0. The Morgan fingerprint density at radius 1 is 1.06 bits per heavy atom. The van der Waals surface area contributed by atoms with Crippen LogP contribution in [0.15, 0.2) is 0 Å². The highest BCUT2D eigenvalue weighted by Crippen LogP contribution is 2.14. The van der Waals surface area contributed by atoms with Crippen LogP contribution in [0.3, 0.4) is 0 Å². The fraction of sp³-hybridized carbons (Fsp3) is 0.840. The van der Waals surface area contributed by atoms with Gasteiger partial charge in [-0.05, 0) is 32.0 Å². The Balaban J connectivity index is 2.27. The molecule has 2 N–H and O–H groups in total. The van der Waals surface area contributed by atoms with E-state index in [1.807, 2.05) is 13.8 Å². The van der Waals surface area contributed by atoms with Gasteiger partial charge in [0, 0.05) is 19.5 Å². The molecule has 1 rings (SSSR count). The molecule has 0 aromatic heterocycles. The topological polar surface area (TPSA) is 87.7 Å². The second kappa shape index (κ2) is 17.7. The van der Waals surface area contributed by atoms with Crippen LogP contribution in [-0.2, 0) is 19.1 Å². The number of piperazine rings is 1. The molecular formula is C25H45N3O4S. The minimum Gasteiger partial charge on any atom is -0.463 e. The van der Waals surface area contributed by atoms with Crippen LogP contribution in [0.2, 0.25) is 0 Å². The summed E-state index contributed by atoms with van der Waals surface area (Å²) in [5, 5.41) is 5.71. The summed E-state index contributed by atoms with van der Waals surface area (Å²) in [5.41, 5.74) is 0. The van der Waals surface area contributed by atoms with Gasteiger partial charge >= 0.3 is 5.97 Å². The molecule has 0 radical (unpaired) electrons. The van der Waals surface area contributed by atoms with E-state index < -0.39 is 12.0 Å². The van der Waals surface area contributed by atoms with Crippen LogP contribution in [0.1, 0.15) is 111 Å². The average molecular weight is 484 g/mol. The quantitative estimate of drug-likeness (QED) is 0.189. The summed E-state index contributed by atoms with van der Waals surface area (Å²) < 4.78 is 5.31. The standard InChI is InChI=1S/C25H45N3O4S/c1-4-6-7-8-9-10-11-12-13-14-15-16-22(29)27-25(33)28-18-17-26-24(31)21(28)19-23(30)32-20(3)5-2/h20-21H,4-19H2,1-3H3,(H,26,31)(H,27,29,33). The third-order valence-electron chi connectivity index (χ3n) is 6.11. The molecule has 7 nitrogen and oxygen atoms in total. The number of hydrogen-bond acceptors (Lipinski definition) is 5. The molecule has 0 spiro atoms. The van der Waals surface area contributed by atoms with Crippen LogP contribution in [-0.4, -0.2) is 53.0 Å². The van der Waals surface area contributed by atoms with Crippen molar-refractivity contribution < 1.29 is 19.1 Å². The van der Waals surface area contributed by atoms with E-state index >= 15 is 0 Å². The predicted molar refractivity (Wildman–Crippen MR) is 136 cm³/mol. The number of rotatable bonds is 16. The van der Waals surface area contributed by atoms with Crippen molar-refractivity contribution in [3.05, 3.63) is 0 Å². The summed E-state index contributed by atoms with van der Waals surface area (Å²) in [5.74, 6) is -0.848. The molecule has 1 aliphatic rings. The lowest BCUT2D eigenvalue weighted by atomic mass is 10.1. The minimum atomic E-state index is -0.759. The van der Waals surface area contributed by atoms with E-state index in [1.54, 1.807) is 4.90 Å². The number of esters is 1. The maximum atomic E-state index is 12.3. The number of nitrogens with one attached hydrogen (secondary N) is 2. The second-order valence-electron chi connectivity index (χ2n) is 9.05. The molecule has 1 heterocycles. The number of amides is 2. The van der Waals surface area contributed by atoms with Crippen molar-refractivity contribution in [1.82, 2.24) is 15.5 Å².